The van der Waals surface area contributed by atoms with Gasteiger partial charge < -0.3 is 15.0 Å². The van der Waals surface area contributed by atoms with E-state index in [0.717, 1.165) is 19.6 Å². The minimum absolute atomic E-state index is 0.183. The van der Waals surface area contributed by atoms with Crippen LogP contribution in [0.4, 0.5) is 20.6 Å². The highest BCUT2D eigenvalue weighted by Gasteiger charge is 2.57. The van der Waals surface area contributed by atoms with E-state index < -0.39 is 12.2 Å². The molecule has 8 heteroatoms. The summed E-state index contributed by atoms with van der Waals surface area (Å²) in [6.07, 6.45) is -0.969. The molecule has 2 aromatic carbocycles. The monoisotopic (exact) mass is 452 g/mol. The van der Waals surface area contributed by atoms with E-state index in [1.807, 2.05) is 6.07 Å². The van der Waals surface area contributed by atoms with E-state index >= 15 is 4.39 Å². The third-order valence-corrected chi connectivity index (χ3v) is 6.97. The molecule has 5 rings (SSSR count). The number of rotatable bonds is 7. The zero-order valence-electron chi connectivity index (χ0n) is 18.9. The Morgan fingerprint density at radius 2 is 1.88 bits per heavy atom. The van der Waals surface area contributed by atoms with Gasteiger partial charge in [0, 0.05) is 32.6 Å². The van der Waals surface area contributed by atoms with E-state index in [4.69, 9.17) is 4.74 Å². The molecular formula is C25H29FN4O3. The van der Waals surface area contributed by atoms with E-state index in [1.165, 1.54) is 23.5 Å². The number of hydrogen-bond donors (Lipinski definition) is 1. The Morgan fingerprint density at radius 1 is 1.15 bits per heavy atom. The zero-order chi connectivity index (χ0) is 23.1. The molecule has 0 spiro atoms. The van der Waals surface area contributed by atoms with Gasteiger partial charge in [-0.15, -0.1) is 0 Å². The minimum Gasteiger partial charge on any atom is -0.442 e. The third kappa shape index (κ3) is 4.39. The number of piperidine rings is 1. The molecule has 2 heterocycles. The lowest BCUT2D eigenvalue weighted by Gasteiger charge is -2.26. The summed E-state index contributed by atoms with van der Waals surface area (Å²) in [5.41, 5.74) is 2.36. The minimum atomic E-state index is -0.524. The van der Waals surface area contributed by atoms with Gasteiger partial charge in [0.15, 0.2) is 0 Å². The maximum Gasteiger partial charge on any atom is 0.414 e. The van der Waals surface area contributed by atoms with E-state index in [9.17, 15) is 9.59 Å². The highest BCUT2D eigenvalue weighted by atomic mass is 19.1. The van der Waals surface area contributed by atoms with Gasteiger partial charge in [-0.25, -0.2) is 9.18 Å². The van der Waals surface area contributed by atoms with Crippen LogP contribution in [0.3, 0.4) is 0 Å². The first-order valence-corrected chi connectivity index (χ1v) is 11.4. The van der Waals surface area contributed by atoms with Gasteiger partial charge >= 0.3 is 6.09 Å². The van der Waals surface area contributed by atoms with Gasteiger partial charge in [0.25, 0.3) is 0 Å². The van der Waals surface area contributed by atoms with Crippen LogP contribution >= 0.6 is 0 Å². The Morgan fingerprint density at radius 3 is 2.55 bits per heavy atom. The molecule has 2 amide bonds. The van der Waals surface area contributed by atoms with E-state index in [0.29, 0.717) is 29.3 Å². The van der Waals surface area contributed by atoms with Crippen LogP contribution in [0.5, 0.6) is 0 Å². The van der Waals surface area contributed by atoms with Crippen molar-refractivity contribution in [3.8, 4) is 0 Å². The highest BCUT2D eigenvalue weighted by molar-refractivity contribution is 5.90. The normalized spacial score (nSPS) is 25.9. The summed E-state index contributed by atoms with van der Waals surface area (Å²) in [7, 11) is 2.17. The zero-order valence-corrected chi connectivity index (χ0v) is 18.9. The van der Waals surface area contributed by atoms with Gasteiger partial charge in [0.2, 0.25) is 5.91 Å². The highest BCUT2D eigenvalue weighted by Crippen LogP contribution is 2.50. The van der Waals surface area contributed by atoms with Crippen molar-refractivity contribution in [1.29, 1.82) is 0 Å². The molecule has 0 aromatic heterocycles. The number of fused-ring (bicyclic) bond motifs is 1. The van der Waals surface area contributed by atoms with Crippen molar-refractivity contribution < 1.29 is 18.7 Å². The van der Waals surface area contributed by atoms with Gasteiger partial charge in [-0.3, -0.25) is 14.6 Å². The van der Waals surface area contributed by atoms with E-state index in [-0.39, 0.29) is 24.8 Å². The van der Waals surface area contributed by atoms with Crippen LogP contribution in [0.1, 0.15) is 12.5 Å². The number of amides is 2. The Bertz CT molecular complexity index is 1040. The first-order chi connectivity index (χ1) is 15.9. The summed E-state index contributed by atoms with van der Waals surface area (Å²) < 4.78 is 20.3. The number of ether oxygens (including phenoxy) is 1. The molecule has 4 atom stereocenters. The number of carbonyl (C=O) groups excluding carboxylic acids is 2. The number of hydrogen-bond acceptors (Lipinski definition) is 5. The van der Waals surface area contributed by atoms with E-state index in [1.54, 1.807) is 12.1 Å². The van der Waals surface area contributed by atoms with Crippen molar-refractivity contribution in [3.63, 3.8) is 0 Å². The molecule has 7 nitrogen and oxygen atoms in total. The Balaban J connectivity index is 1.18. The molecule has 1 unspecified atom stereocenters. The first kappa shape index (κ1) is 21.7. The van der Waals surface area contributed by atoms with Crippen molar-refractivity contribution in [2.24, 2.45) is 11.8 Å². The maximum atomic E-state index is 15.0. The number of nitrogens with zero attached hydrogens (tertiary/aromatic N) is 3. The molecule has 2 aliphatic heterocycles. The molecule has 3 aliphatic rings. The van der Waals surface area contributed by atoms with Gasteiger partial charge in [0.1, 0.15) is 11.9 Å². The van der Waals surface area contributed by atoms with Gasteiger partial charge in [-0.1, -0.05) is 30.3 Å². The van der Waals surface area contributed by atoms with Crippen LogP contribution in [0.15, 0.2) is 48.5 Å². The number of anilines is 2. The molecule has 0 radical (unpaired) electrons. The number of benzene rings is 2. The predicted molar refractivity (Wildman–Crippen MR) is 124 cm³/mol. The molecule has 2 aromatic rings. The van der Waals surface area contributed by atoms with Crippen molar-refractivity contribution >= 4 is 23.4 Å². The number of halogens is 1. The van der Waals surface area contributed by atoms with Crippen molar-refractivity contribution in [2.45, 2.75) is 25.6 Å². The van der Waals surface area contributed by atoms with Crippen LogP contribution in [0.2, 0.25) is 0 Å². The fourth-order valence-corrected chi connectivity index (χ4v) is 5.34. The third-order valence-electron chi connectivity index (χ3n) is 6.97. The van der Waals surface area contributed by atoms with Crippen LogP contribution in [-0.4, -0.2) is 62.3 Å². The second-order valence-corrected chi connectivity index (χ2v) is 9.31. The first-order valence-electron chi connectivity index (χ1n) is 11.4. The molecule has 2 saturated heterocycles. The second kappa shape index (κ2) is 8.67. The molecule has 33 heavy (non-hydrogen) atoms. The SMILES string of the molecule is CC(=O)NC[C@H]1CN(c2ccc(N3C[C@@H]4C(N(C)Cc5ccccc5)[C@@H]4C3)c(F)c2)C(=O)O1. The summed E-state index contributed by atoms with van der Waals surface area (Å²) in [5.74, 6) is 0.597. The van der Waals surface area contributed by atoms with Gasteiger partial charge in [0.05, 0.1) is 24.5 Å². The molecule has 1 saturated carbocycles. The largest absolute Gasteiger partial charge is 0.442 e. The fourth-order valence-electron chi connectivity index (χ4n) is 5.34. The Hall–Kier alpha value is -3.13. The lowest BCUT2D eigenvalue weighted by atomic mass is 10.2. The summed E-state index contributed by atoms with van der Waals surface area (Å²) >= 11 is 0. The lowest BCUT2D eigenvalue weighted by molar-refractivity contribution is -0.119. The molecule has 1 aliphatic carbocycles. The van der Waals surface area contributed by atoms with Crippen LogP contribution in [-0.2, 0) is 16.1 Å². The number of carbonyl (C=O) groups is 2. The molecule has 0 bridgehead atoms. The maximum absolute atomic E-state index is 15.0. The van der Waals surface area contributed by atoms with Crippen LogP contribution in [0, 0.1) is 17.7 Å². The quantitative estimate of drug-likeness (QED) is 0.700. The Kier molecular flexibility index (Phi) is 5.70. The predicted octanol–water partition coefficient (Wildman–Crippen LogP) is 2.85. The van der Waals surface area contributed by atoms with Gasteiger partial charge in [-0.05, 0) is 42.6 Å². The van der Waals surface area contributed by atoms with Crippen molar-refractivity contribution in [2.75, 3.05) is 43.0 Å². The summed E-state index contributed by atoms with van der Waals surface area (Å²) in [5, 5.41) is 2.64. The van der Waals surface area contributed by atoms with E-state index in [2.05, 4.69) is 46.4 Å². The smallest absolute Gasteiger partial charge is 0.414 e. The van der Waals surface area contributed by atoms with Crippen LogP contribution < -0.4 is 15.1 Å². The fraction of sp³-hybridized carbons (Fsp3) is 0.440. The topological polar surface area (TPSA) is 65.1 Å². The molecule has 3 fully saturated rings. The average Bonchev–Trinajstić information content (AvgIpc) is 3.10. The second-order valence-electron chi connectivity index (χ2n) is 9.31. The van der Waals surface area contributed by atoms with Crippen LogP contribution in [0.25, 0.3) is 0 Å². The number of cyclic esters (lactones) is 1. The van der Waals surface area contributed by atoms with Crippen molar-refractivity contribution in [3.05, 3.63) is 59.9 Å². The molecule has 174 valence electrons. The van der Waals surface area contributed by atoms with Gasteiger partial charge in [-0.2, -0.15) is 0 Å². The molecular weight excluding hydrogens is 423 g/mol. The number of nitrogens with one attached hydrogen (secondary N) is 1. The summed E-state index contributed by atoms with van der Waals surface area (Å²) in [6.45, 7) is 4.55. The lowest BCUT2D eigenvalue weighted by Crippen LogP contribution is -2.33. The standard InChI is InChI=1S/C25H29FN4O3/c1-16(31)27-11-19-13-30(25(32)33-19)18-8-9-23(22(26)10-18)29-14-20-21(15-29)24(20)28(2)12-17-6-4-3-5-7-17/h3-10,19-21,24H,11-15H2,1-2H3,(H,27,31)/t19-,20-,21+,24?/m0/s1. The summed E-state index contributed by atoms with van der Waals surface area (Å²) in [6, 6.07) is 15.9. The average molecular weight is 453 g/mol. The Labute approximate surface area is 193 Å². The molecule has 1 N–H and O–H groups in total. The summed E-state index contributed by atoms with van der Waals surface area (Å²) in [4.78, 5) is 29.2. The van der Waals surface area contributed by atoms with Crippen molar-refractivity contribution in [1.82, 2.24) is 10.2 Å².